The van der Waals surface area contributed by atoms with Gasteiger partial charge in [0.2, 0.25) is 5.91 Å². The van der Waals surface area contributed by atoms with Gasteiger partial charge in [0.05, 0.1) is 18.2 Å². The van der Waals surface area contributed by atoms with Crippen molar-refractivity contribution in [2.24, 2.45) is 0 Å². The number of carbonyl (C=O) groups is 1. The molecule has 1 fully saturated rings. The van der Waals surface area contributed by atoms with Crippen molar-refractivity contribution in [2.75, 3.05) is 44.3 Å². The molecule has 0 saturated carbocycles. The zero-order valence-electron chi connectivity index (χ0n) is 22.9. The molecular weight excluding hydrogens is 538 g/mol. The Labute approximate surface area is 235 Å². The van der Waals surface area contributed by atoms with E-state index in [9.17, 15) is 14.0 Å². The van der Waals surface area contributed by atoms with Gasteiger partial charge in [-0.1, -0.05) is 6.58 Å². The quantitative estimate of drug-likeness (QED) is 0.235. The van der Waals surface area contributed by atoms with E-state index in [1.165, 1.54) is 37.1 Å². The minimum Gasteiger partial charge on any atom is -0.359 e. The van der Waals surface area contributed by atoms with E-state index < -0.39 is 17.3 Å². The third-order valence-corrected chi connectivity index (χ3v) is 8.72. The highest BCUT2D eigenvalue weighted by atomic mass is 32.2. The molecule has 8 nitrogen and oxygen atoms in total. The molecule has 3 aromatic rings. The van der Waals surface area contributed by atoms with Crippen molar-refractivity contribution in [3.63, 3.8) is 0 Å². The number of halogens is 2. The van der Waals surface area contributed by atoms with Gasteiger partial charge in [0.25, 0.3) is 0 Å². The number of amides is 1. The van der Waals surface area contributed by atoms with Gasteiger partial charge >= 0.3 is 5.69 Å². The van der Waals surface area contributed by atoms with E-state index >= 15 is 4.39 Å². The third-order valence-electron chi connectivity index (χ3n) is 7.49. The second-order valence-corrected chi connectivity index (χ2v) is 11.3. The summed E-state index contributed by atoms with van der Waals surface area (Å²) in [5.74, 6) is -0.435. The average Bonchev–Trinajstić information content (AvgIpc) is 2.91. The molecule has 3 heterocycles. The number of piperazine rings is 1. The van der Waals surface area contributed by atoms with Gasteiger partial charge in [0.1, 0.15) is 24.2 Å². The molecule has 1 saturated heterocycles. The Morgan fingerprint density at radius 3 is 2.60 bits per heavy atom. The Balaban J connectivity index is 1.72. The van der Waals surface area contributed by atoms with Gasteiger partial charge in [-0.05, 0) is 50.6 Å². The van der Waals surface area contributed by atoms with Crippen LogP contribution in [0.1, 0.15) is 25.5 Å². The molecule has 0 spiro atoms. The number of hydrogen-bond acceptors (Lipinski definition) is 7. The SMILES string of the molecule is C=CC(=O)N1[C@H](C)CN(c2nc(=O)n3c4c(c(-c5ccc(F)cc5F)c(C)cc24)SC[C@@H]3COCOC)C[C@@H]1C. The molecular formula is C29H32F2N4O4S. The first-order valence-electron chi connectivity index (χ1n) is 13.1. The van der Waals surface area contributed by atoms with Gasteiger partial charge < -0.3 is 19.3 Å². The predicted molar refractivity (Wildman–Crippen MR) is 152 cm³/mol. The van der Waals surface area contributed by atoms with Crippen LogP contribution in [0.2, 0.25) is 0 Å². The maximum atomic E-state index is 15.1. The normalized spacial score (nSPS) is 20.7. The topological polar surface area (TPSA) is 76.9 Å². The summed E-state index contributed by atoms with van der Waals surface area (Å²) in [5.41, 5.74) is 1.89. The first kappa shape index (κ1) is 28.3. The highest BCUT2D eigenvalue weighted by molar-refractivity contribution is 7.99. The molecule has 1 amide bonds. The van der Waals surface area contributed by atoms with Crippen molar-refractivity contribution in [1.82, 2.24) is 14.5 Å². The molecule has 0 N–H and O–H groups in total. The van der Waals surface area contributed by atoms with Gasteiger partial charge in [-0.25, -0.2) is 13.6 Å². The molecule has 212 valence electrons. The Morgan fingerprint density at radius 2 is 1.95 bits per heavy atom. The van der Waals surface area contributed by atoms with E-state index in [1.807, 2.05) is 31.7 Å². The highest BCUT2D eigenvalue weighted by Crippen LogP contribution is 2.46. The Morgan fingerprint density at radius 1 is 1.23 bits per heavy atom. The number of methoxy groups -OCH3 is 1. The summed E-state index contributed by atoms with van der Waals surface area (Å²) >= 11 is 1.52. The summed E-state index contributed by atoms with van der Waals surface area (Å²) in [6, 6.07) is 4.87. The van der Waals surface area contributed by atoms with Crippen LogP contribution in [0.5, 0.6) is 0 Å². The summed E-state index contributed by atoms with van der Waals surface area (Å²) in [6.07, 6.45) is 1.32. The number of aryl methyl sites for hydroxylation is 1. The standard InChI is InChI=1S/C29H32F2N4O4S/c1-6-24(36)34-17(3)11-33(12-18(34)4)28-22-9-16(2)25(21-8-7-19(30)10-23(21)31)27-26(22)35(29(37)32-28)20(14-40-27)13-39-15-38-5/h6-10,17-18,20H,1,11-15H2,2-5H3/t17-,18+,20-/m0/s1. The van der Waals surface area contributed by atoms with Crippen LogP contribution in [-0.2, 0) is 14.3 Å². The fraction of sp³-hybridized carbons (Fsp3) is 0.414. The number of aromatic nitrogens is 2. The number of thioether (sulfide) groups is 1. The summed E-state index contributed by atoms with van der Waals surface area (Å²) < 4.78 is 41.2. The van der Waals surface area contributed by atoms with E-state index in [2.05, 4.69) is 11.6 Å². The fourth-order valence-electron chi connectivity index (χ4n) is 5.91. The Kier molecular flexibility index (Phi) is 7.98. The monoisotopic (exact) mass is 570 g/mol. The fourth-order valence-corrected chi connectivity index (χ4v) is 7.28. The van der Waals surface area contributed by atoms with Gasteiger partial charge in [-0.2, -0.15) is 4.98 Å². The van der Waals surface area contributed by atoms with Crippen molar-refractivity contribution in [3.8, 4) is 11.1 Å². The van der Waals surface area contributed by atoms with Gasteiger partial charge in [0, 0.05) is 65.5 Å². The minimum atomic E-state index is -0.668. The van der Waals surface area contributed by atoms with E-state index in [4.69, 9.17) is 9.47 Å². The van der Waals surface area contributed by atoms with Crippen molar-refractivity contribution < 1.29 is 23.0 Å². The second kappa shape index (κ2) is 11.3. The lowest BCUT2D eigenvalue weighted by atomic mass is 9.96. The van der Waals surface area contributed by atoms with E-state index in [-0.39, 0.29) is 43.0 Å². The van der Waals surface area contributed by atoms with Crippen LogP contribution in [0.15, 0.2) is 46.6 Å². The number of rotatable bonds is 7. The molecule has 2 aromatic carbocycles. The first-order valence-corrected chi connectivity index (χ1v) is 14.1. The zero-order valence-corrected chi connectivity index (χ0v) is 23.8. The molecule has 2 aliphatic heterocycles. The first-order chi connectivity index (χ1) is 19.2. The zero-order chi connectivity index (χ0) is 28.7. The van der Waals surface area contributed by atoms with E-state index in [0.29, 0.717) is 35.7 Å². The second-order valence-electron chi connectivity index (χ2n) is 10.3. The number of ether oxygens (including phenoxy) is 2. The Hall–Kier alpha value is -3.28. The van der Waals surface area contributed by atoms with Crippen LogP contribution in [0.25, 0.3) is 22.0 Å². The summed E-state index contributed by atoms with van der Waals surface area (Å²) in [5, 5.41) is 0.755. The van der Waals surface area contributed by atoms with Gasteiger partial charge in [-0.15, -0.1) is 11.8 Å². The molecule has 1 aromatic heterocycles. The van der Waals surface area contributed by atoms with Gasteiger partial charge in [0.15, 0.2) is 0 Å². The maximum Gasteiger partial charge on any atom is 0.350 e. The molecule has 0 unspecified atom stereocenters. The molecule has 0 radical (unpaired) electrons. The van der Waals surface area contributed by atoms with E-state index in [0.717, 1.165) is 21.9 Å². The van der Waals surface area contributed by atoms with Crippen LogP contribution in [0.4, 0.5) is 14.6 Å². The molecule has 2 aliphatic rings. The molecule has 3 atom stereocenters. The van der Waals surface area contributed by atoms with Crippen molar-refractivity contribution in [1.29, 1.82) is 0 Å². The summed E-state index contributed by atoms with van der Waals surface area (Å²) in [7, 11) is 1.53. The molecule has 11 heteroatoms. The number of nitrogens with zero attached hydrogens (tertiary/aromatic N) is 4. The van der Waals surface area contributed by atoms with Gasteiger partial charge in [-0.3, -0.25) is 9.36 Å². The summed E-state index contributed by atoms with van der Waals surface area (Å²) in [4.78, 5) is 35.3. The number of benzene rings is 2. The molecule has 0 bridgehead atoms. The molecule has 40 heavy (non-hydrogen) atoms. The third kappa shape index (κ3) is 4.90. The number of anilines is 1. The largest absolute Gasteiger partial charge is 0.359 e. The maximum absolute atomic E-state index is 15.1. The lowest BCUT2D eigenvalue weighted by Crippen LogP contribution is -2.58. The lowest BCUT2D eigenvalue weighted by Gasteiger charge is -2.45. The number of carbonyl (C=O) groups excluding carboxylic acids is 1. The molecule has 5 rings (SSSR count). The van der Waals surface area contributed by atoms with Crippen LogP contribution in [-0.4, -0.2) is 71.8 Å². The lowest BCUT2D eigenvalue weighted by molar-refractivity contribution is -0.130. The number of hydrogen-bond donors (Lipinski definition) is 0. The van der Waals surface area contributed by atoms with Crippen molar-refractivity contribution >= 4 is 34.4 Å². The molecule has 0 aliphatic carbocycles. The van der Waals surface area contributed by atoms with Crippen LogP contribution < -0.4 is 10.6 Å². The van der Waals surface area contributed by atoms with Crippen molar-refractivity contribution in [3.05, 3.63) is 64.6 Å². The summed E-state index contributed by atoms with van der Waals surface area (Å²) in [6.45, 7) is 10.7. The van der Waals surface area contributed by atoms with E-state index in [1.54, 1.807) is 9.47 Å². The minimum absolute atomic E-state index is 0.0842. The smallest absolute Gasteiger partial charge is 0.350 e. The predicted octanol–water partition coefficient (Wildman–Crippen LogP) is 4.53. The van der Waals surface area contributed by atoms with Crippen molar-refractivity contribution in [2.45, 2.75) is 43.8 Å². The Bertz CT molecular complexity index is 1530. The highest BCUT2D eigenvalue weighted by Gasteiger charge is 2.35. The van der Waals surface area contributed by atoms with Crippen LogP contribution in [0.3, 0.4) is 0 Å². The average molecular weight is 571 g/mol. The van der Waals surface area contributed by atoms with Crippen LogP contribution in [0, 0.1) is 18.6 Å². The van der Waals surface area contributed by atoms with Crippen LogP contribution >= 0.6 is 11.8 Å².